The summed E-state index contributed by atoms with van der Waals surface area (Å²) >= 11 is 0. The second-order valence-corrected chi connectivity index (χ2v) is 14.5. The van der Waals surface area contributed by atoms with Gasteiger partial charge in [-0.2, -0.15) is 0 Å². The Morgan fingerprint density at radius 2 is 1.07 bits per heavy atom. The molecular weight excluding hydrogens is 597 g/mol. The molecule has 11 heteroatoms. The van der Waals surface area contributed by atoms with Crippen molar-refractivity contribution in [2.75, 3.05) is 47.2 Å². The summed E-state index contributed by atoms with van der Waals surface area (Å²) in [7, 11) is -0.942. The first-order valence-electron chi connectivity index (χ1n) is 17.9. The second kappa shape index (κ2) is 29.1. The van der Waals surface area contributed by atoms with Crippen molar-refractivity contribution in [3.63, 3.8) is 0 Å². The van der Waals surface area contributed by atoms with Gasteiger partial charge in [-0.25, -0.2) is 4.57 Å². The largest absolute Gasteiger partial charge is 0.472 e. The zero-order valence-corrected chi connectivity index (χ0v) is 30.2. The first kappa shape index (κ1) is 44.0. The molecule has 0 aromatic heterocycles. The van der Waals surface area contributed by atoms with E-state index in [0.717, 1.165) is 38.5 Å². The number of quaternary nitrogens is 1. The molecule has 0 aliphatic carbocycles. The summed E-state index contributed by atoms with van der Waals surface area (Å²) in [6, 6.07) is 0. The van der Waals surface area contributed by atoms with Gasteiger partial charge in [-0.15, -0.1) is 0 Å². The molecule has 0 aromatic carbocycles. The molecule has 0 bridgehead atoms. The number of rotatable bonds is 33. The summed E-state index contributed by atoms with van der Waals surface area (Å²) in [5.41, 5.74) is 0. The lowest BCUT2D eigenvalue weighted by molar-refractivity contribution is -0.908. The fourth-order valence-electron chi connectivity index (χ4n) is 4.82. The van der Waals surface area contributed by atoms with Crippen molar-refractivity contribution in [3.8, 4) is 0 Å². The van der Waals surface area contributed by atoms with E-state index in [4.69, 9.17) is 18.5 Å². The molecule has 0 fully saturated rings. The number of hydrogen-bond donors (Lipinski definition) is 2. The lowest BCUT2D eigenvalue weighted by atomic mass is 10.1. The van der Waals surface area contributed by atoms with E-state index in [1.807, 2.05) is 0 Å². The minimum atomic E-state index is -4.44. The number of aliphatic hydroxyl groups is 1. The van der Waals surface area contributed by atoms with Crippen LogP contribution in [0.5, 0.6) is 0 Å². The Kier molecular flexibility index (Phi) is 28.5. The Labute approximate surface area is 275 Å². The number of phosphoric acid groups is 1. The molecule has 1 unspecified atom stereocenters. The first-order valence-corrected chi connectivity index (χ1v) is 19.4. The average Bonchev–Trinajstić information content (AvgIpc) is 3.00. The van der Waals surface area contributed by atoms with E-state index in [1.165, 1.54) is 83.5 Å². The van der Waals surface area contributed by atoms with Gasteiger partial charge < -0.3 is 24.0 Å². The maximum atomic E-state index is 12.5. The van der Waals surface area contributed by atoms with E-state index in [2.05, 4.69) is 13.8 Å². The van der Waals surface area contributed by atoms with Crippen LogP contribution in [0.3, 0.4) is 0 Å². The van der Waals surface area contributed by atoms with Crippen LogP contribution in [-0.2, 0) is 32.7 Å². The second-order valence-electron chi connectivity index (χ2n) is 13.1. The highest BCUT2D eigenvalue weighted by atomic mass is 31.2. The van der Waals surface area contributed by atoms with Crippen LogP contribution in [0.15, 0.2) is 0 Å². The topological polar surface area (TPSA) is 129 Å². The van der Waals surface area contributed by atoms with E-state index < -0.39 is 32.5 Å². The van der Waals surface area contributed by atoms with Gasteiger partial charge in [0.05, 0.1) is 20.7 Å². The van der Waals surface area contributed by atoms with Crippen molar-refractivity contribution < 1.29 is 47.2 Å². The fourth-order valence-corrected chi connectivity index (χ4v) is 5.56. The maximum absolute atomic E-state index is 12.5. The summed E-state index contributed by atoms with van der Waals surface area (Å²) in [5, 5.41) is 9.34. The molecule has 0 amide bonds. The van der Waals surface area contributed by atoms with Crippen molar-refractivity contribution in [3.05, 3.63) is 0 Å². The third-order valence-electron chi connectivity index (χ3n) is 7.95. The number of esters is 2. The molecule has 2 atom stereocenters. The number of aliphatic hydroxyl groups excluding tert-OH is 1. The van der Waals surface area contributed by atoms with Crippen molar-refractivity contribution in [1.82, 2.24) is 0 Å². The van der Waals surface area contributed by atoms with Crippen LogP contribution in [0, 0.1) is 0 Å². The minimum absolute atomic E-state index is 0.113. The zero-order chi connectivity index (χ0) is 33.7. The van der Waals surface area contributed by atoms with Gasteiger partial charge >= 0.3 is 19.8 Å². The zero-order valence-electron chi connectivity index (χ0n) is 29.3. The van der Waals surface area contributed by atoms with Gasteiger partial charge in [-0.3, -0.25) is 18.6 Å². The molecule has 0 radical (unpaired) electrons. The highest BCUT2D eigenvalue weighted by Crippen LogP contribution is 2.43. The van der Waals surface area contributed by atoms with E-state index in [-0.39, 0.29) is 43.8 Å². The van der Waals surface area contributed by atoms with Crippen LogP contribution in [-0.4, -0.2) is 79.7 Å². The highest BCUT2D eigenvalue weighted by Gasteiger charge is 2.27. The van der Waals surface area contributed by atoms with Gasteiger partial charge in [0.2, 0.25) is 0 Å². The smallest absolute Gasteiger partial charge is 0.462 e. The van der Waals surface area contributed by atoms with Crippen LogP contribution < -0.4 is 0 Å². The Morgan fingerprint density at radius 3 is 1.51 bits per heavy atom. The molecule has 0 aromatic rings. The minimum Gasteiger partial charge on any atom is -0.462 e. The first-order chi connectivity index (χ1) is 21.5. The predicted octanol–water partition coefficient (Wildman–Crippen LogP) is 8.22. The number of nitrogens with zero attached hydrogens (tertiary/aromatic N) is 1. The Balaban J connectivity index is 4.51. The summed E-state index contributed by atoms with van der Waals surface area (Å²) in [5.74, 6) is -0.845. The molecule has 268 valence electrons. The normalized spacial score (nSPS) is 13.8. The average molecular weight is 667 g/mol. The van der Waals surface area contributed by atoms with Crippen LogP contribution in [0.25, 0.3) is 0 Å². The maximum Gasteiger partial charge on any atom is 0.472 e. The van der Waals surface area contributed by atoms with Gasteiger partial charge in [-0.1, -0.05) is 129 Å². The standard InChI is InChI=1S/C34H68NO9P/c1-5-7-9-11-13-15-16-18-19-21-23-25-33(37)41-29-32(30-43-45(39,40)42-28-27-35(3,4)31-36)44-34(38)26-24-22-20-17-14-12-10-8-6-2/h32,36H,5-31H2,1-4H3/p+1/t32-/m1/s1. The fraction of sp³-hybridized carbons (Fsp3) is 0.941. The number of carbonyl (C=O) groups excluding carboxylic acids is 2. The molecule has 0 saturated carbocycles. The Bertz CT molecular complexity index is 766. The van der Waals surface area contributed by atoms with Crippen LogP contribution >= 0.6 is 7.82 Å². The third-order valence-corrected chi connectivity index (χ3v) is 8.94. The number of carbonyl (C=O) groups is 2. The number of unbranched alkanes of at least 4 members (excludes halogenated alkanes) is 18. The van der Waals surface area contributed by atoms with Gasteiger partial charge in [0.1, 0.15) is 19.8 Å². The van der Waals surface area contributed by atoms with Gasteiger partial charge in [0, 0.05) is 12.8 Å². The van der Waals surface area contributed by atoms with Crippen LogP contribution in [0.4, 0.5) is 0 Å². The molecule has 0 heterocycles. The number of ether oxygens (including phenoxy) is 2. The number of hydrogen-bond acceptors (Lipinski definition) is 8. The molecule has 10 nitrogen and oxygen atoms in total. The molecule has 45 heavy (non-hydrogen) atoms. The van der Waals surface area contributed by atoms with Crippen LogP contribution in [0.2, 0.25) is 0 Å². The van der Waals surface area contributed by atoms with E-state index >= 15 is 0 Å². The van der Waals surface area contributed by atoms with E-state index in [0.29, 0.717) is 6.42 Å². The molecular formula is C34H69NO9P+. The Hall–Kier alpha value is -1.03. The Morgan fingerprint density at radius 1 is 0.644 bits per heavy atom. The van der Waals surface area contributed by atoms with Crippen molar-refractivity contribution in [1.29, 1.82) is 0 Å². The monoisotopic (exact) mass is 666 g/mol. The molecule has 0 spiro atoms. The molecule has 0 aliphatic rings. The highest BCUT2D eigenvalue weighted by molar-refractivity contribution is 7.47. The van der Waals surface area contributed by atoms with Crippen molar-refractivity contribution in [2.24, 2.45) is 0 Å². The number of phosphoric ester groups is 1. The lowest BCUT2D eigenvalue weighted by Crippen LogP contribution is -2.42. The molecule has 2 N–H and O–H groups in total. The van der Waals surface area contributed by atoms with Crippen molar-refractivity contribution >= 4 is 19.8 Å². The number of likely N-dealkylation sites (N-methyl/N-ethyl adjacent to an activating group) is 1. The third kappa shape index (κ3) is 30.1. The SMILES string of the molecule is CCCCCCCCCCCCCC(=O)OC[C@H](COP(=O)(O)OCC[N+](C)(C)CO)OC(=O)CCCCCCCCCCC. The summed E-state index contributed by atoms with van der Waals surface area (Å²) in [6.07, 6.45) is 22.6. The summed E-state index contributed by atoms with van der Waals surface area (Å²) < 4.78 is 33.5. The van der Waals surface area contributed by atoms with Gasteiger partial charge in [0.25, 0.3) is 0 Å². The predicted molar refractivity (Wildman–Crippen MR) is 180 cm³/mol. The van der Waals surface area contributed by atoms with Crippen LogP contribution in [0.1, 0.15) is 155 Å². The quantitative estimate of drug-likeness (QED) is 0.0234. The van der Waals surface area contributed by atoms with Gasteiger partial charge in [-0.05, 0) is 12.8 Å². The van der Waals surface area contributed by atoms with E-state index in [1.54, 1.807) is 14.1 Å². The summed E-state index contributed by atoms with van der Waals surface area (Å²) in [6.45, 7) is 3.76. The molecule has 0 aliphatic heterocycles. The lowest BCUT2D eigenvalue weighted by Gasteiger charge is -2.27. The molecule has 0 rings (SSSR count). The molecule has 0 saturated heterocycles. The van der Waals surface area contributed by atoms with Gasteiger partial charge in [0.15, 0.2) is 12.8 Å². The van der Waals surface area contributed by atoms with E-state index in [9.17, 15) is 24.2 Å². The summed E-state index contributed by atoms with van der Waals surface area (Å²) in [4.78, 5) is 35.0. The van der Waals surface area contributed by atoms with Crippen molar-refractivity contribution in [2.45, 2.75) is 161 Å².